The molecule has 0 aromatic carbocycles. The lowest BCUT2D eigenvalue weighted by Gasteiger charge is -2.45. The van der Waals surface area contributed by atoms with E-state index in [9.17, 15) is 14.9 Å². The van der Waals surface area contributed by atoms with E-state index in [2.05, 4.69) is 9.97 Å². The Morgan fingerprint density at radius 2 is 2.00 bits per heavy atom. The van der Waals surface area contributed by atoms with Gasteiger partial charge in [0.25, 0.3) is 0 Å². The van der Waals surface area contributed by atoms with Gasteiger partial charge in [0.05, 0.1) is 11.6 Å². The van der Waals surface area contributed by atoms with Gasteiger partial charge in [0.15, 0.2) is 5.82 Å². The fourth-order valence-corrected chi connectivity index (χ4v) is 3.70. The molecule has 1 aliphatic rings. The molecule has 30 heavy (non-hydrogen) atoms. The van der Waals surface area contributed by atoms with E-state index in [1.54, 1.807) is 24.1 Å². The normalized spacial score (nSPS) is 19.6. The van der Waals surface area contributed by atoms with Crippen LogP contribution in [0.4, 0.5) is 10.6 Å². The Morgan fingerprint density at radius 1 is 1.30 bits per heavy atom. The van der Waals surface area contributed by atoms with Crippen molar-refractivity contribution in [3.63, 3.8) is 0 Å². The first-order chi connectivity index (χ1) is 14.1. The fraction of sp³-hybridized carbons (Fsp3) is 0.571. The van der Waals surface area contributed by atoms with E-state index in [0.29, 0.717) is 29.9 Å². The Morgan fingerprint density at radius 3 is 2.60 bits per heavy atom. The molecule has 2 aromatic rings. The van der Waals surface area contributed by atoms with Crippen LogP contribution in [0, 0.1) is 11.3 Å². The molecule has 1 amide bonds. The third-order valence-corrected chi connectivity index (χ3v) is 5.26. The molecule has 9 nitrogen and oxygen atoms in total. The van der Waals surface area contributed by atoms with Crippen molar-refractivity contribution in [2.75, 3.05) is 18.0 Å². The van der Waals surface area contributed by atoms with Crippen LogP contribution in [0.15, 0.2) is 16.9 Å². The van der Waals surface area contributed by atoms with E-state index >= 15 is 0 Å². The number of nitrogens with zero attached hydrogens (tertiary/aromatic N) is 6. The SMILES string of the molecule is CCC1CN(c2nc(=O)n(C)c3ccc(C#N)nc23)C(C)CN1C(=O)OC(C)(C)C. The van der Waals surface area contributed by atoms with Crippen molar-refractivity contribution in [2.45, 2.75) is 58.7 Å². The zero-order chi connectivity index (χ0) is 22.2. The maximum atomic E-state index is 12.7. The lowest BCUT2D eigenvalue weighted by atomic mass is 10.1. The van der Waals surface area contributed by atoms with Gasteiger partial charge in [-0.2, -0.15) is 10.2 Å². The van der Waals surface area contributed by atoms with Crippen molar-refractivity contribution >= 4 is 22.9 Å². The molecule has 1 saturated heterocycles. The van der Waals surface area contributed by atoms with E-state index in [0.717, 1.165) is 6.42 Å². The highest BCUT2D eigenvalue weighted by molar-refractivity contribution is 5.86. The monoisotopic (exact) mass is 412 g/mol. The predicted molar refractivity (Wildman–Crippen MR) is 113 cm³/mol. The molecular formula is C21H28N6O3. The Hall–Kier alpha value is -3.15. The van der Waals surface area contributed by atoms with E-state index in [-0.39, 0.29) is 29.6 Å². The Balaban J connectivity index is 2.02. The molecule has 3 rings (SSSR count). The zero-order valence-electron chi connectivity index (χ0n) is 18.3. The molecule has 0 spiro atoms. The predicted octanol–water partition coefficient (Wildman–Crippen LogP) is 2.42. The topological polar surface area (TPSA) is 104 Å². The minimum atomic E-state index is -0.573. The minimum Gasteiger partial charge on any atom is -0.444 e. The van der Waals surface area contributed by atoms with Gasteiger partial charge < -0.3 is 14.5 Å². The van der Waals surface area contributed by atoms with Crippen molar-refractivity contribution < 1.29 is 9.53 Å². The molecule has 0 radical (unpaired) electrons. The lowest BCUT2D eigenvalue weighted by molar-refractivity contribution is 0.0106. The van der Waals surface area contributed by atoms with Gasteiger partial charge in [-0.25, -0.2) is 14.6 Å². The number of fused-ring (bicyclic) bond motifs is 1. The summed E-state index contributed by atoms with van der Waals surface area (Å²) in [6, 6.07) is 5.13. The molecule has 1 fully saturated rings. The average molecular weight is 412 g/mol. The molecule has 9 heteroatoms. The van der Waals surface area contributed by atoms with Crippen LogP contribution in [0.1, 0.15) is 46.7 Å². The van der Waals surface area contributed by atoms with Crippen molar-refractivity contribution in [3.05, 3.63) is 28.3 Å². The van der Waals surface area contributed by atoms with Gasteiger partial charge >= 0.3 is 11.8 Å². The first kappa shape index (κ1) is 21.6. The smallest absolute Gasteiger partial charge is 0.410 e. The van der Waals surface area contributed by atoms with Crippen LogP contribution in [-0.4, -0.2) is 56.3 Å². The van der Waals surface area contributed by atoms with Crippen molar-refractivity contribution in [1.82, 2.24) is 19.4 Å². The van der Waals surface area contributed by atoms with Gasteiger partial charge in [0, 0.05) is 26.2 Å². The van der Waals surface area contributed by atoms with Crippen molar-refractivity contribution in [1.29, 1.82) is 5.26 Å². The second-order valence-electron chi connectivity index (χ2n) is 8.65. The summed E-state index contributed by atoms with van der Waals surface area (Å²) in [6.07, 6.45) is 0.384. The standard InChI is InChI=1S/C21H28N6O3/c1-7-15-12-26(13(2)11-27(15)20(29)30-21(3,4)5)18-17-16(25(6)19(28)24-18)9-8-14(10-22)23-17/h8-9,13,15H,7,11-12H2,1-6H3. The molecule has 0 saturated carbocycles. The van der Waals surface area contributed by atoms with E-state index in [1.165, 1.54) is 4.57 Å². The summed E-state index contributed by atoms with van der Waals surface area (Å²) in [5.74, 6) is 0.444. The summed E-state index contributed by atoms with van der Waals surface area (Å²) in [5, 5.41) is 9.27. The second kappa shape index (κ2) is 7.94. The number of nitriles is 1. The Labute approximate surface area is 175 Å². The number of hydrogen-bond donors (Lipinski definition) is 0. The highest BCUT2D eigenvalue weighted by Gasteiger charge is 2.37. The molecule has 160 valence electrons. The largest absolute Gasteiger partial charge is 0.444 e. The summed E-state index contributed by atoms with van der Waals surface area (Å²) < 4.78 is 7.01. The molecule has 1 aliphatic heterocycles. The molecule has 0 bridgehead atoms. The fourth-order valence-electron chi connectivity index (χ4n) is 3.70. The maximum Gasteiger partial charge on any atom is 0.410 e. The molecule has 2 aromatic heterocycles. The summed E-state index contributed by atoms with van der Waals surface area (Å²) in [6.45, 7) is 10.5. The lowest BCUT2D eigenvalue weighted by Crippen LogP contribution is -2.60. The number of rotatable bonds is 2. The molecule has 3 heterocycles. The highest BCUT2D eigenvalue weighted by atomic mass is 16.6. The quantitative estimate of drug-likeness (QED) is 0.746. The maximum absolute atomic E-state index is 12.7. The third kappa shape index (κ3) is 4.08. The number of anilines is 1. The number of piperazine rings is 1. The number of amides is 1. The second-order valence-corrected chi connectivity index (χ2v) is 8.65. The number of carbonyl (C=O) groups excluding carboxylic acids is 1. The first-order valence-corrected chi connectivity index (χ1v) is 10.1. The molecule has 2 atom stereocenters. The van der Waals surface area contributed by atoms with Crippen LogP contribution in [-0.2, 0) is 11.8 Å². The third-order valence-electron chi connectivity index (χ3n) is 5.26. The number of ether oxygens (including phenoxy) is 1. The van der Waals surface area contributed by atoms with Crippen LogP contribution in [0.3, 0.4) is 0 Å². The summed E-state index contributed by atoms with van der Waals surface area (Å²) in [7, 11) is 1.63. The van der Waals surface area contributed by atoms with Crippen LogP contribution >= 0.6 is 0 Å². The summed E-state index contributed by atoms with van der Waals surface area (Å²) in [4.78, 5) is 37.7. The van der Waals surface area contributed by atoms with Gasteiger partial charge in [-0.1, -0.05) is 6.92 Å². The van der Waals surface area contributed by atoms with Crippen LogP contribution in [0.2, 0.25) is 0 Å². The number of aromatic nitrogens is 3. The van der Waals surface area contributed by atoms with Crippen LogP contribution in [0.25, 0.3) is 11.0 Å². The van der Waals surface area contributed by atoms with Gasteiger partial charge in [-0.3, -0.25) is 4.57 Å². The highest BCUT2D eigenvalue weighted by Crippen LogP contribution is 2.28. The molecule has 0 aliphatic carbocycles. The van der Waals surface area contributed by atoms with Gasteiger partial charge in [-0.15, -0.1) is 0 Å². The summed E-state index contributed by atoms with van der Waals surface area (Å²) >= 11 is 0. The Bertz CT molecular complexity index is 1070. The minimum absolute atomic E-state index is 0.101. The van der Waals surface area contributed by atoms with E-state index in [4.69, 9.17) is 4.74 Å². The average Bonchev–Trinajstić information content (AvgIpc) is 2.69. The Kier molecular flexibility index (Phi) is 5.70. The van der Waals surface area contributed by atoms with E-state index < -0.39 is 5.60 Å². The van der Waals surface area contributed by atoms with Gasteiger partial charge in [0.2, 0.25) is 0 Å². The molecule has 2 unspecified atom stereocenters. The molecular weight excluding hydrogens is 384 g/mol. The zero-order valence-corrected chi connectivity index (χ0v) is 18.3. The number of aryl methyl sites for hydroxylation is 1. The number of pyridine rings is 1. The van der Waals surface area contributed by atoms with Crippen LogP contribution < -0.4 is 10.6 Å². The van der Waals surface area contributed by atoms with Gasteiger partial charge in [-0.05, 0) is 46.2 Å². The van der Waals surface area contributed by atoms with E-state index in [1.807, 2.05) is 45.6 Å². The van der Waals surface area contributed by atoms with Crippen molar-refractivity contribution in [2.24, 2.45) is 7.05 Å². The van der Waals surface area contributed by atoms with Gasteiger partial charge in [0.1, 0.15) is 22.9 Å². The van der Waals surface area contributed by atoms with Crippen LogP contribution in [0.5, 0.6) is 0 Å². The molecule has 0 N–H and O–H groups in total. The summed E-state index contributed by atoms with van der Waals surface area (Å²) in [5.41, 5.74) is 0.411. The number of hydrogen-bond acceptors (Lipinski definition) is 7. The first-order valence-electron chi connectivity index (χ1n) is 10.1. The number of carbonyl (C=O) groups is 1. The van der Waals surface area contributed by atoms with Crippen molar-refractivity contribution in [3.8, 4) is 6.07 Å².